The van der Waals surface area contributed by atoms with Crippen LogP contribution in [0.4, 0.5) is 5.82 Å². The third-order valence-corrected chi connectivity index (χ3v) is 7.04. The Balaban J connectivity index is 1.22. The monoisotopic (exact) mass is 497 g/mol. The molecule has 3 aromatic rings. The molecule has 5 rings (SSSR count). The van der Waals surface area contributed by atoms with Crippen LogP contribution in [0, 0.1) is 0 Å². The first-order valence-corrected chi connectivity index (χ1v) is 12.0. The lowest BCUT2D eigenvalue weighted by Crippen LogP contribution is -2.54. The Kier molecular flexibility index (Phi) is 6.70. The summed E-state index contributed by atoms with van der Waals surface area (Å²) in [6.45, 7) is 3.86. The van der Waals surface area contributed by atoms with Gasteiger partial charge in [-0.25, -0.2) is 9.97 Å². The van der Waals surface area contributed by atoms with Gasteiger partial charge in [0.25, 0.3) is 5.91 Å². The molecule has 3 heterocycles. The highest BCUT2D eigenvalue weighted by Gasteiger charge is 2.38. The Morgan fingerprint density at radius 2 is 1.53 bits per heavy atom. The predicted octanol–water partition coefficient (Wildman–Crippen LogP) is 3.46. The Bertz CT molecular complexity index is 1150. The minimum absolute atomic E-state index is 0.0123. The molecule has 0 bridgehead atoms. The number of carbonyl (C=O) groups excluding carboxylic acids is 1. The van der Waals surface area contributed by atoms with Crippen molar-refractivity contribution < 1.29 is 9.90 Å². The molecule has 9 heteroatoms. The summed E-state index contributed by atoms with van der Waals surface area (Å²) in [7, 11) is 0. The number of rotatable bonds is 4. The molecule has 2 atom stereocenters. The van der Waals surface area contributed by atoms with Crippen molar-refractivity contribution in [2.45, 2.75) is 12.1 Å². The summed E-state index contributed by atoms with van der Waals surface area (Å²) in [5, 5.41) is 12.1. The first-order chi connectivity index (χ1) is 16.5. The molecule has 2 aromatic carbocycles. The summed E-state index contributed by atoms with van der Waals surface area (Å²) < 4.78 is 0. The molecular weight excluding hydrogens is 473 g/mol. The van der Waals surface area contributed by atoms with Crippen LogP contribution in [0.15, 0.2) is 60.9 Å². The Morgan fingerprint density at radius 1 is 0.882 bits per heavy atom. The maximum Gasteiger partial charge on any atom is 0.253 e. The number of β-amino-alcohol motifs (C(OH)–C–C–N with tert-alkyl or cyclic N) is 1. The van der Waals surface area contributed by atoms with Crippen molar-refractivity contribution in [3.05, 3.63) is 76.5 Å². The second-order valence-corrected chi connectivity index (χ2v) is 9.52. The van der Waals surface area contributed by atoms with Crippen molar-refractivity contribution in [2.75, 3.05) is 44.2 Å². The van der Waals surface area contributed by atoms with Gasteiger partial charge in [-0.3, -0.25) is 9.69 Å². The maximum atomic E-state index is 12.8. The van der Waals surface area contributed by atoms with Crippen LogP contribution in [0.1, 0.15) is 10.4 Å². The van der Waals surface area contributed by atoms with E-state index in [0.717, 1.165) is 17.1 Å². The van der Waals surface area contributed by atoms with Gasteiger partial charge in [0.2, 0.25) is 0 Å². The largest absolute Gasteiger partial charge is 0.390 e. The van der Waals surface area contributed by atoms with Gasteiger partial charge in [-0.05, 0) is 36.4 Å². The van der Waals surface area contributed by atoms with Crippen molar-refractivity contribution in [2.24, 2.45) is 0 Å². The molecule has 2 aliphatic heterocycles. The molecule has 0 radical (unpaired) electrons. The number of amides is 1. The molecule has 1 amide bonds. The van der Waals surface area contributed by atoms with Crippen LogP contribution in [0.25, 0.3) is 11.3 Å². The van der Waals surface area contributed by atoms with Crippen molar-refractivity contribution in [1.29, 1.82) is 0 Å². The Morgan fingerprint density at radius 3 is 2.21 bits per heavy atom. The smallest absolute Gasteiger partial charge is 0.253 e. The molecule has 1 N–H and O–H groups in total. The standard InChI is InChI=1S/C25H25Cl2N5O2/c26-19-5-1-17(2-6-19)21-13-24(29-16-28-21)32-14-22(23(33)15-32)30-9-11-31(12-10-30)25(34)18-3-7-20(27)8-4-18/h1-8,13,16,22-23,33H,9-12,14-15H2. The average Bonchev–Trinajstić information content (AvgIpc) is 3.26. The normalized spacial score (nSPS) is 21.1. The fourth-order valence-electron chi connectivity index (χ4n) is 4.65. The molecule has 0 spiro atoms. The van der Waals surface area contributed by atoms with Crippen LogP contribution in [0.3, 0.4) is 0 Å². The van der Waals surface area contributed by atoms with Gasteiger partial charge in [-0.2, -0.15) is 0 Å². The molecule has 2 aliphatic rings. The second kappa shape index (κ2) is 9.88. The Hall–Kier alpha value is -2.71. The van der Waals surface area contributed by atoms with E-state index in [1.165, 1.54) is 0 Å². The zero-order chi connectivity index (χ0) is 23.7. The highest BCUT2D eigenvalue weighted by atomic mass is 35.5. The van der Waals surface area contributed by atoms with Crippen molar-refractivity contribution in [1.82, 2.24) is 19.8 Å². The zero-order valence-corrected chi connectivity index (χ0v) is 20.0. The van der Waals surface area contributed by atoms with Crippen LogP contribution >= 0.6 is 23.2 Å². The first-order valence-electron chi connectivity index (χ1n) is 11.3. The van der Waals surface area contributed by atoms with Crippen LogP contribution < -0.4 is 4.90 Å². The average molecular weight is 498 g/mol. The van der Waals surface area contributed by atoms with E-state index < -0.39 is 6.10 Å². The zero-order valence-electron chi connectivity index (χ0n) is 18.5. The van der Waals surface area contributed by atoms with E-state index in [9.17, 15) is 9.90 Å². The fourth-order valence-corrected chi connectivity index (χ4v) is 4.90. The van der Waals surface area contributed by atoms with E-state index >= 15 is 0 Å². The topological polar surface area (TPSA) is 72.8 Å². The van der Waals surface area contributed by atoms with E-state index in [1.807, 2.05) is 35.2 Å². The number of hydrogen-bond donors (Lipinski definition) is 1. The summed E-state index contributed by atoms with van der Waals surface area (Å²) in [5.74, 6) is 0.804. The van der Waals surface area contributed by atoms with Gasteiger partial charge in [-0.1, -0.05) is 35.3 Å². The van der Waals surface area contributed by atoms with Crippen LogP contribution in [0.5, 0.6) is 0 Å². The molecule has 176 valence electrons. The van der Waals surface area contributed by atoms with Gasteiger partial charge in [-0.15, -0.1) is 0 Å². The highest BCUT2D eigenvalue weighted by Crippen LogP contribution is 2.27. The third-order valence-electron chi connectivity index (χ3n) is 6.54. The number of halogens is 2. The number of aromatic nitrogens is 2. The molecule has 2 saturated heterocycles. The van der Waals surface area contributed by atoms with Crippen LogP contribution in [-0.4, -0.2) is 82.2 Å². The lowest BCUT2D eigenvalue weighted by Gasteiger charge is -2.38. The summed E-state index contributed by atoms with van der Waals surface area (Å²) in [6.07, 6.45) is 1.06. The van der Waals surface area contributed by atoms with E-state index in [0.29, 0.717) is 54.9 Å². The van der Waals surface area contributed by atoms with E-state index in [1.54, 1.807) is 30.6 Å². The fraction of sp³-hybridized carbons (Fsp3) is 0.320. The quantitative estimate of drug-likeness (QED) is 0.594. The maximum absolute atomic E-state index is 12.8. The van der Waals surface area contributed by atoms with Crippen LogP contribution in [-0.2, 0) is 0 Å². The van der Waals surface area contributed by atoms with Gasteiger partial charge in [0.15, 0.2) is 0 Å². The molecule has 34 heavy (non-hydrogen) atoms. The molecule has 0 saturated carbocycles. The summed E-state index contributed by atoms with van der Waals surface area (Å²) in [4.78, 5) is 27.9. The van der Waals surface area contributed by atoms with Gasteiger partial charge >= 0.3 is 0 Å². The number of aliphatic hydroxyl groups excluding tert-OH is 1. The number of aliphatic hydroxyl groups is 1. The lowest BCUT2D eigenvalue weighted by molar-refractivity contribution is 0.0376. The predicted molar refractivity (Wildman–Crippen MR) is 133 cm³/mol. The number of carbonyl (C=O) groups is 1. The van der Waals surface area contributed by atoms with Gasteiger partial charge in [0.1, 0.15) is 12.1 Å². The van der Waals surface area contributed by atoms with Crippen molar-refractivity contribution >= 4 is 34.9 Å². The summed E-state index contributed by atoms with van der Waals surface area (Å²) in [6, 6.07) is 16.5. The van der Waals surface area contributed by atoms with Gasteiger partial charge < -0.3 is 14.9 Å². The molecule has 7 nitrogen and oxygen atoms in total. The second-order valence-electron chi connectivity index (χ2n) is 8.64. The molecular formula is C25H25Cl2N5O2. The van der Waals surface area contributed by atoms with E-state index in [4.69, 9.17) is 23.2 Å². The SMILES string of the molecule is O=C(c1ccc(Cl)cc1)N1CCN(C2CN(c3cc(-c4ccc(Cl)cc4)ncn3)CC2O)CC1. The summed E-state index contributed by atoms with van der Waals surface area (Å²) >= 11 is 11.9. The Labute approximate surface area is 208 Å². The van der Waals surface area contributed by atoms with Gasteiger partial charge in [0.05, 0.1) is 17.8 Å². The molecule has 2 fully saturated rings. The number of hydrogen-bond acceptors (Lipinski definition) is 6. The van der Waals surface area contributed by atoms with Gasteiger partial charge in [0, 0.05) is 66.5 Å². The minimum Gasteiger partial charge on any atom is -0.390 e. The third kappa shape index (κ3) is 4.88. The van der Waals surface area contributed by atoms with E-state index in [-0.39, 0.29) is 11.9 Å². The minimum atomic E-state index is -0.493. The molecule has 2 unspecified atom stereocenters. The molecule has 1 aromatic heterocycles. The molecule has 0 aliphatic carbocycles. The lowest BCUT2D eigenvalue weighted by atomic mass is 10.1. The number of piperazine rings is 1. The number of benzene rings is 2. The highest BCUT2D eigenvalue weighted by molar-refractivity contribution is 6.30. The van der Waals surface area contributed by atoms with Crippen molar-refractivity contribution in [3.63, 3.8) is 0 Å². The number of anilines is 1. The van der Waals surface area contributed by atoms with E-state index in [2.05, 4.69) is 19.8 Å². The van der Waals surface area contributed by atoms with Crippen LogP contribution in [0.2, 0.25) is 10.0 Å². The van der Waals surface area contributed by atoms with Crippen molar-refractivity contribution in [3.8, 4) is 11.3 Å². The summed E-state index contributed by atoms with van der Waals surface area (Å²) in [5.41, 5.74) is 2.42. The first kappa shape index (κ1) is 23.1. The number of nitrogens with zero attached hydrogens (tertiary/aromatic N) is 5.